The third kappa shape index (κ3) is 3.73. The first-order chi connectivity index (χ1) is 13.7. The van der Waals surface area contributed by atoms with Gasteiger partial charge in [0.25, 0.3) is 0 Å². The number of likely N-dealkylation sites (tertiary alicyclic amines) is 2. The van der Waals surface area contributed by atoms with E-state index in [1.54, 1.807) is 18.2 Å². The second kappa shape index (κ2) is 8.03. The van der Waals surface area contributed by atoms with Crippen LogP contribution in [-0.4, -0.2) is 66.1 Å². The first-order valence-corrected chi connectivity index (χ1v) is 9.69. The van der Waals surface area contributed by atoms with Crippen LogP contribution in [-0.2, 0) is 4.79 Å². The molecule has 0 bridgehead atoms. The van der Waals surface area contributed by atoms with Gasteiger partial charge in [-0.15, -0.1) is 0 Å². The van der Waals surface area contributed by atoms with Crippen LogP contribution in [0.2, 0.25) is 0 Å². The highest BCUT2D eigenvalue weighted by atomic mass is 16.5. The molecule has 7 nitrogen and oxygen atoms in total. The van der Waals surface area contributed by atoms with Crippen molar-refractivity contribution in [2.24, 2.45) is 0 Å². The van der Waals surface area contributed by atoms with E-state index < -0.39 is 0 Å². The Bertz CT molecular complexity index is 910. The Kier molecular flexibility index (Phi) is 5.31. The average molecular weight is 380 g/mol. The molecule has 0 spiro atoms. The largest absolute Gasteiger partial charge is 0.497 e. The predicted octanol–water partition coefficient (Wildman–Crippen LogP) is 2.21. The van der Waals surface area contributed by atoms with Crippen LogP contribution in [0.25, 0.3) is 10.9 Å². The van der Waals surface area contributed by atoms with E-state index in [0.29, 0.717) is 19.6 Å². The molecule has 2 atom stereocenters. The van der Waals surface area contributed by atoms with Crippen molar-refractivity contribution in [2.45, 2.75) is 31.4 Å². The number of hydrogen-bond donors (Lipinski definition) is 0. The summed E-state index contributed by atoms with van der Waals surface area (Å²) in [5.41, 5.74) is 0.861. The molecule has 0 saturated carbocycles. The quantitative estimate of drug-likeness (QED) is 0.791. The van der Waals surface area contributed by atoms with E-state index in [-0.39, 0.29) is 18.1 Å². The molecule has 1 aromatic heterocycles. The van der Waals surface area contributed by atoms with Crippen molar-refractivity contribution in [3.05, 3.63) is 30.5 Å². The smallest absolute Gasteiger partial charge is 0.237 e. The summed E-state index contributed by atoms with van der Waals surface area (Å²) < 4.78 is 11.6. The topological polar surface area (TPSA) is 78.7 Å². The van der Waals surface area contributed by atoms with E-state index >= 15 is 0 Å². The number of aromatic nitrogens is 1. The maximum absolute atomic E-state index is 12.6. The Balaban J connectivity index is 1.39. The molecule has 2 aliphatic rings. The number of nitriles is 1. The first kappa shape index (κ1) is 18.5. The third-order valence-electron chi connectivity index (χ3n) is 5.51. The summed E-state index contributed by atoms with van der Waals surface area (Å²) in [6.07, 6.45) is 4.33. The summed E-state index contributed by atoms with van der Waals surface area (Å²) >= 11 is 0. The fourth-order valence-corrected chi connectivity index (χ4v) is 4.03. The number of methoxy groups -OCH3 is 1. The van der Waals surface area contributed by atoms with Crippen LogP contribution in [0.4, 0.5) is 0 Å². The molecule has 4 rings (SSSR count). The molecule has 7 heteroatoms. The van der Waals surface area contributed by atoms with Gasteiger partial charge in [-0.1, -0.05) is 0 Å². The van der Waals surface area contributed by atoms with Gasteiger partial charge in [-0.25, -0.2) is 0 Å². The number of carbonyl (C=O) groups excluding carboxylic acids is 1. The molecule has 28 heavy (non-hydrogen) atoms. The van der Waals surface area contributed by atoms with Gasteiger partial charge in [-0.3, -0.25) is 14.7 Å². The van der Waals surface area contributed by atoms with Gasteiger partial charge in [-0.05, 0) is 43.5 Å². The monoisotopic (exact) mass is 380 g/mol. The molecule has 1 unspecified atom stereocenters. The van der Waals surface area contributed by atoms with Crippen LogP contribution in [0.1, 0.15) is 19.3 Å². The van der Waals surface area contributed by atoms with Crippen molar-refractivity contribution in [3.63, 3.8) is 0 Å². The van der Waals surface area contributed by atoms with Crippen LogP contribution < -0.4 is 9.47 Å². The molecule has 0 N–H and O–H groups in total. The maximum atomic E-state index is 12.6. The standard InChI is InChI=1S/C21H24N4O3/c1-27-16-4-5-19-18(11-16)20(6-8-23-19)28-17-7-10-24(13-17)14-21(26)25-9-2-3-15(25)12-22/h4-6,8,11,15,17H,2-3,7,9-10,13-14H2,1H3/t15?,17-/m0/s1. The molecule has 2 aliphatic heterocycles. The molecule has 2 fully saturated rings. The van der Waals surface area contributed by atoms with E-state index in [2.05, 4.69) is 16.0 Å². The molecular formula is C21H24N4O3. The Morgan fingerprint density at radius 2 is 2.21 bits per heavy atom. The maximum Gasteiger partial charge on any atom is 0.237 e. The highest BCUT2D eigenvalue weighted by Gasteiger charge is 2.32. The number of amides is 1. The number of fused-ring (bicyclic) bond motifs is 1. The van der Waals surface area contributed by atoms with E-state index in [0.717, 1.165) is 48.2 Å². The van der Waals surface area contributed by atoms with Crippen LogP contribution >= 0.6 is 0 Å². The summed E-state index contributed by atoms with van der Waals surface area (Å²) in [5, 5.41) is 10.1. The van der Waals surface area contributed by atoms with Crippen LogP contribution in [0.3, 0.4) is 0 Å². The number of hydrogen-bond acceptors (Lipinski definition) is 6. The van der Waals surface area contributed by atoms with Crippen molar-refractivity contribution in [1.82, 2.24) is 14.8 Å². The number of carbonyl (C=O) groups is 1. The van der Waals surface area contributed by atoms with Crippen molar-refractivity contribution in [3.8, 4) is 17.6 Å². The normalized spacial score (nSPS) is 22.4. The first-order valence-electron chi connectivity index (χ1n) is 9.69. The van der Waals surface area contributed by atoms with Gasteiger partial charge in [-0.2, -0.15) is 5.26 Å². The van der Waals surface area contributed by atoms with Gasteiger partial charge < -0.3 is 14.4 Å². The SMILES string of the molecule is COc1ccc2nccc(O[C@H]3CCN(CC(=O)N4CCCC4C#N)C3)c2c1. The molecule has 0 aliphatic carbocycles. The molecule has 2 aromatic rings. The van der Waals surface area contributed by atoms with Crippen LogP contribution in [0.5, 0.6) is 11.5 Å². The lowest BCUT2D eigenvalue weighted by Crippen LogP contribution is -2.42. The van der Waals surface area contributed by atoms with Crippen molar-refractivity contribution >= 4 is 16.8 Å². The molecular weight excluding hydrogens is 356 g/mol. The molecule has 2 saturated heterocycles. The lowest BCUT2D eigenvalue weighted by molar-refractivity contribution is -0.132. The highest BCUT2D eigenvalue weighted by Crippen LogP contribution is 2.29. The minimum atomic E-state index is -0.264. The molecule has 146 valence electrons. The molecule has 0 radical (unpaired) electrons. The van der Waals surface area contributed by atoms with Crippen molar-refractivity contribution in [1.29, 1.82) is 5.26 Å². The summed E-state index contributed by atoms with van der Waals surface area (Å²) in [5.74, 6) is 1.59. The van der Waals surface area contributed by atoms with Gasteiger partial charge in [0, 0.05) is 31.2 Å². The zero-order chi connectivity index (χ0) is 19.5. The van der Waals surface area contributed by atoms with Gasteiger partial charge in [0.05, 0.1) is 25.2 Å². The average Bonchev–Trinajstić information content (AvgIpc) is 3.37. The van der Waals surface area contributed by atoms with Gasteiger partial charge in [0.2, 0.25) is 5.91 Å². The van der Waals surface area contributed by atoms with E-state index in [9.17, 15) is 10.1 Å². The Morgan fingerprint density at radius 1 is 1.32 bits per heavy atom. The molecule has 1 amide bonds. The lowest BCUT2D eigenvalue weighted by Gasteiger charge is -2.23. The van der Waals surface area contributed by atoms with Crippen LogP contribution in [0.15, 0.2) is 30.5 Å². The highest BCUT2D eigenvalue weighted by molar-refractivity contribution is 5.86. The van der Waals surface area contributed by atoms with E-state index in [1.165, 1.54) is 0 Å². The molecule has 1 aromatic carbocycles. The predicted molar refractivity (Wildman–Crippen MR) is 104 cm³/mol. The summed E-state index contributed by atoms with van der Waals surface area (Å²) in [6.45, 7) is 2.55. The number of rotatable bonds is 5. The Morgan fingerprint density at radius 3 is 3.04 bits per heavy atom. The number of ether oxygens (including phenoxy) is 2. The van der Waals surface area contributed by atoms with E-state index in [4.69, 9.17) is 9.47 Å². The lowest BCUT2D eigenvalue weighted by atomic mass is 10.2. The van der Waals surface area contributed by atoms with Gasteiger partial charge in [0.15, 0.2) is 0 Å². The molecule has 3 heterocycles. The minimum absolute atomic E-state index is 0.0231. The Labute approximate surface area is 164 Å². The summed E-state index contributed by atoms with van der Waals surface area (Å²) in [6, 6.07) is 9.58. The third-order valence-corrected chi connectivity index (χ3v) is 5.51. The zero-order valence-corrected chi connectivity index (χ0v) is 16.0. The fourth-order valence-electron chi connectivity index (χ4n) is 4.03. The second-order valence-electron chi connectivity index (χ2n) is 7.33. The summed E-state index contributed by atoms with van der Waals surface area (Å²) in [7, 11) is 1.64. The Hall–Kier alpha value is -2.85. The van der Waals surface area contributed by atoms with E-state index in [1.807, 2.05) is 24.3 Å². The fraction of sp³-hybridized carbons (Fsp3) is 0.476. The van der Waals surface area contributed by atoms with Crippen molar-refractivity contribution < 1.29 is 14.3 Å². The second-order valence-corrected chi connectivity index (χ2v) is 7.33. The van der Waals surface area contributed by atoms with Crippen LogP contribution in [0, 0.1) is 11.3 Å². The number of benzene rings is 1. The zero-order valence-electron chi connectivity index (χ0n) is 16.0. The number of pyridine rings is 1. The summed E-state index contributed by atoms with van der Waals surface area (Å²) in [4.78, 5) is 20.8. The van der Waals surface area contributed by atoms with Crippen molar-refractivity contribution in [2.75, 3.05) is 33.3 Å². The minimum Gasteiger partial charge on any atom is -0.497 e. The van der Waals surface area contributed by atoms with Gasteiger partial charge >= 0.3 is 0 Å². The van der Waals surface area contributed by atoms with Gasteiger partial charge in [0.1, 0.15) is 23.6 Å². The number of nitrogens with zero attached hydrogens (tertiary/aromatic N) is 4.